The van der Waals surface area contributed by atoms with E-state index in [1.807, 2.05) is 30.3 Å². The number of nitrogens with one attached hydrogen (secondary N) is 1. The van der Waals surface area contributed by atoms with Gasteiger partial charge < -0.3 is 20.9 Å². The van der Waals surface area contributed by atoms with E-state index in [9.17, 15) is 5.11 Å². The summed E-state index contributed by atoms with van der Waals surface area (Å²) in [7, 11) is 0. The third kappa shape index (κ3) is 5.31. The molecule has 100 valence electrons. The summed E-state index contributed by atoms with van der Waals surface area (Å²) >= 11 is 0. The average Bonchev–Trinajstić information content (AvgIpc) is 2.38. The fourth-order valence-electron chi connectivity index (χ4n) is 1.58. The molecule has 0 aliphatic rings. The molecule has 0 saturated carbocycles. The van der Waals surface area contributed by atoms with Gasteiger partial charge in [0.2, 0.25) is 0 Å². The molecular formula is C14H22N2O2. The van der Waals surface area contributed by atoms with Crippen molar-refractivity contribution in [1.29, 1.82) is 0 Å². The number of para-hydroxylation sites is 1. The van der Waals surface area contributed by atoms with Crippen LogP contribution in [0.2, 0.25) is 0 Å². The van der Waals surface area contributed by atoms with Gasteiger partial charge in [-0.05, 0) is 18.1 Å². The summed E-state index contributed by atoms with van der Waals surface area (Å²) < 4.78 is 5.61. The Kier molecular flexibility index (Phi) is 7.10. The third-order valence-corrected chi connectivity index (χ3v) is 2.47. The molecule has 0 amide bonds. The second-order valence-corrected chi connectivity index (χ2v) is 4.06. The summed E-state index contributed by atoms with van der Waals surface area (Å²) in [5.74, 6) is 0.801. The summed E-state index contributed by atoms with van der Waals surface area (Å²) in [4.78, 5) is 0. The largest absolute Gasteiger partial charge is 0.491 e. The molecule has 0 saturated heterocycles. The molecule has 4 nitrogen and oxygen atoms in total. The van der Waals surface area contributed by atoms with E-state index in [1.54, 1.807) is 0 Å². The van der Waals surface area contributed by atoms with Crippen LogP contribution in [-0.2, 0) is 6.42 Å². The summed E-state index contributed by atoms with van der Waals surface area (Å²) in [6.45, 7) is 5.74. The number of aliphatic hydroxyl groups excluding tert-OH is 1. The second kappa shape index (κ2) is 8.69. The summed E-state index contributed by atoms with van der Waals surface area (Å²) in [6, 6.07) is 7.78. The van der Waals surface area contributed by atoms with E-state index in [-0.39, 0.29) is 6.61 Å². The van der Waals surface area contributed by atoms with E-state index in [1.165, 1.54) is 0 Å². The van der Waals surface area contributed by atoms with Crippen molar-refractivity contribution in [2.24, 2.45) is 5.73 Å². The van der Waals surface area contributed by atoms with Crippen molar-refractivity contribution >= 4 is 0 Å². The first-order valence-electron chi connectivity index (χ1n) is 6.18. The number of hydrogen-bond donors (Lipinski definition) is 3. The van der Waals surface area contributed by atoms with Crippen molar-refractivity contribution in [3.8, 4) is 5.75 Å². The van der Waals surface area contributed by atoms with Crippen LogP contribution in [0.25, 0.3) is 0 Å². The highest BCUT2D eigenvalue weighted by Crippen LogP contribution is 2.18. The first kappa shape index (κ1) is 14.7. The van der Waals surface area contributed by atoms with Crippen LogP contribution in [0.5, 0.6) is 5.75 Å². The third-order valence-electron chi connectivity index (χ3n) is 2.47. The van der Waals surface area contributed by atoms with Crippen LogP contribution in [-0.4, -0.2) is 37.5 Å². The first-order chi connectivity index (χ1) is 8.77. The van der Waals surface area contributed by atoms with Crippen LogP contribution in [0.1, 0.15) is 5.56 Å². The monoisotopic (exact) mass is 250 g/mol. The average molecular weight is 250 g/mol. The molecule has 0 unspecified atom stereocenters. The second-order valence-electron chi connectivity index (χ2n) is 4.06. The van der Waals surface area contributed by atoms with Crippen molar-refractivity contribution in [3.05, 3.63) is 42.5 Å². The highest BCUT2D eigenvalue weighted by molar-refractivity contribution is 5.34. The molecule has 4 N–H and O–H groups in total. The summed E-state index contributed by atoms with van der Waals surface area (Å²) in [6.07, 6.45) is 2.06. The van der Waals surface area contributed by atoms with E-state index < -0.39 is 6.10 Å². The highest BCUT2D eigenvalue weighted by atomic mass is 16.5. The lowest BCUT2D eigenvalue weighted by Gasteiger charge is -2.14. The number of allylic oxidation sites excluding steroid dienone is 1. The smallest absolute Gasteiger partial charge is 0.122 e. The van der Waals surface area contributed by atoms with Gasteiger partial charge in [0.25, 0.3) is 0 Å². The normalized spacial score (nSPS) is 12.1. The topological polar surface area (TPSA) is 67.5 Å². The molecule has 1 atom stereocenters. The quantitative estimate of drug-likeness (QED) is 0.446. The van der Waals surface area contributed by atoms with Crippen molar-refractivity contribution < 1.29 is 9.84 Å². The zero-order valence-corrected chi connectivity index (χ0v) is 10.6. The van der Waals surface area contributed by atoms with Crippen molar-refractivity contribution in [3.63, 3.8) is 0 Å². The van der Waals surface area contributed by atoms with E-state index in [2.05, 4.69) is 11.9 Å². The van der Waals surface area contributed by atoms with E-state index in [4.69, 9.17) is 10.5 Å². The Balaban J connectivity index is 2.40. The molecule has 0 fully saturated rings. The van der Waals surface area contributed by atoms with Crippen LogP contribution in [0.4, 0.5) is 0 Å². The van der Waals surface area contributed by atoms with E-state index >= 15 is 0 Å². The lowest BCUT2D eigenvalue weighted by atomic mass is 10.1. The van der Waals surface area contributed by atoms with Gasteiger partial charge in [0, 0.05) is 19.6 Å². The van der Waals surface area contributed by atoms with E-state index in [0.717, 1.165) is 17.7 Å². The number of ether oxygens (including phenoxy) is 1. The Morgan fingerprint density at radius 3 is 2.94 bits per heavy atom. The van der Waals surface area contributed by atoms with Gasteiger partial charge in [0.05, 0.1) is 0 Å². The van der Waals surface area contributed by atoms with Crippen LogP contribution in [0.15, 0.2) is 36.9 Å². The molecule has 18 heavy (non-hydrogen) atoms. The molecule has 0 spiro atoms. The highest BCUT2D eigenvalue weighted by Gasteiger charge is 2.06. The van der Waals surface area contributed by atoms with Crippen LogP contribution < -0.4 is 15.8 Å². The van der Waals surface area contributed by atoms with Crippen LogP contribution in [0, 0.1) is 0 Å². The number of rotatable bonds is 9. The van der Waals surface area contributed by atoms with Gasteiger partial charge in [0.1, 0.15) is 18.5 Å². The first-order valence-corrected chi connectivity index (χ1v) is 6.18. The Morgan fingerprint density at radius 1 is 1.44 bits per heavy atom. The molecule has 4 heteroatoms. The van der Waals surface area contributed by atoms with E-state index in [0.29, 0.717) is 19.6 Å². The maximum absolute atomic E-state index is 9.71. The molecule has 0 heterocycles. The molecule has 0 radical (unpaired) electrons. The Labute approximate surface area is 108 Å². The Hall–Kier alpha value is -1.36. The minimum absolute atomic E-state index is 0.270. The van der Waals surface area contributed by atoms with Gasteiger partial charge >= 0.3 is 0 Å². The fourth-order valence-corrected chi connectivity index (χ4v) is 1.58. The SMILES string of the molecule is C=CCc1ccccc1OC[C@@H](O)CNCCN. The van der Waals surface area contributed by atoms with Crippen LogP contribution in [0.3, 0.4) is 0 Å². The lowest BCUT2D eigenvalue weighted by Crippen LogP contribution is -2.34. The molecule has 1 rings (SSSR count). The van der Waals surface area contributed by atoms with Gasteiger partial charge in [-0.3, -0.25) is 0 Å². The number of aliphatic hydroxyl groups is 1. The lowest BCUT2D eigenvalue weighted by molar-refractivity contribution is 0.106. The summed E-state index contributed by atoms with van der Waals surface area (Å²) in [5, 5.41) is 12.7. The van der Waals surface area contributed by atoms with Crippen molar-refractivity contribution in [2.75, 3.05) is 26.2 Å². The Morgan fingerprint density at radius 2 is 2.22 bits per heavy atom. The molecular weight excluding hydrogens is 228 g/mol. The molecule has 1 aromatic rings. The summed E-state index contributed by atoms with van der Waals surface area (Å²) in [5.41, 5.74) is 6.43. The zero-order valence-electron chi connectivity index (χ0n) is 10.6. The van der Waals surface area contributed by atoms with Gasteiger partial charge in [0.15, 0.2) is 0 Å². The van der Waals surface area contributed by atoms with Gasteiger partial charge in [-0.2, -0.15) is 0 Å². The molecule has 0 aliphatic carbocycles. The maximum atomic E-state index is 9.71. The number of hydrogen-bond acceptors (Lipinski definition) is 4. The predicted octanol–water partition coefficient (Wildman–Crippen LogP) is 0.703. The van der Waals surface area contributed by atoms with Gasteiger partial charge in [-0.15, -0.1) is 6.58 Å². The molecule has 0 aromatic heterocycles. The van der Waals surface area contributed by atoms with Crippen molar-refractivity contribution in [2.45, 2.75) is 12.5 Å². The molecule has 0 aliphatic heterocycles. The number of benzene rings is 1. The van der Waals surface area contributed by atoms with Crippen molar-refractivity contribution in [1.82, 2.24) is 5.32 Å². The minimum atomic E-state index is -0.534. The molecule has 1 aromatic carbocycles. The predicted molar refractivity (Wildman–Crippen MR) is 73.8 cm³/mol. The minimum Gasteiger partial charge on any atom is -0.491 e. The van der Waals surface area contributed by atoms with Crippen LogP contribution >= 0.6 is 0 Å². The molecule has 0 bridgehead atoms. The zero-order chi connectivity index (χ0) is 13.2. The van der Waals surface area contributed by atoms with Gasteiger partial charge in [-0.25, -0.2) is 0 Å². The number of nitrogens with two attached hydrogens (primary N) is 1. The van der Waals surface area contributed by atoms with Gasteiger partial charge in [-0.1, -0.05) is 24.3 Å². The fraction of sp³-hybridized carbons (Fsp3) is 0.429. The standard InChI is InChI=1S/C14H22N2O2/c1-2-5-12-6-3-4-7-14(12)18-11-13(17)10-16-9-8-15/h2-4,6-7,13,16-17H,1,5,8-11,15H2/t13-/m0/s1. The maximum Gasteiger partial charge on any atom is 0.122 e. The Bertz CT molecular complexity index is 355.